The molecule has 68 valence electrons. The summed E-state index contributed by atoms with van der Waals surface area (Å²) in [6, 6.07) is 7.75. The first-order chi connectivity index (χ1) is 6.36. The normalized spacial score (nSPS) is 14.1. The lowest BCUT2D eigenvalue weighted by molar-refractivity contribution is 0.235. The van der Waals surface area contributed by atoms with Crippen LogP contribution in [0.15, 0.2) is 36.1 Å². The number of halogens is 1. The lowest BCUT2D eigenvalue weighted by Gasteiger charge is -2.02. The molecule has 1 aliphatic rings. The molecule has 0 spiro atoms. The molecule has 0 aliphatic heterocycles. The zero-order valence-corrected chi connectivity index (χ0v) is 8.05. The van der Waals surface area contributed by atoms with E-state index in [1.807, 2.05) is 30.5 Å². The highest BCUT2D eigenvalue weighted by Crippen LogP contribution is 2.27. The molecule has 0 aromatic heterocycles. The number of rotatable bonds is 3. The van der Waals surface area contributed by atoms with Crippen molar-refractivity contribution in [1.29, 1.82) is 0 Å². The van der Waals surface area contributed by atoms with Crippen LogP contribution in [0, 0.1) is 0 Å². The van der Waals surface area contributed by atoms with E-state index in [9.17, 15) is 0 Å². The van der Waals surface area contributed by atoms with Gasteiger partial charge in [-0.15, -0.1) is 0 Å². The third-order valence-electron chi connectivity index (χ3n) is 1.99. The second kappa shape index (κ2) is 3.84. The average molecular weight is 195 g/mol. The van der Waals surface area contributed by atoms with Gasteiger partial charge in [0.1, 0.15) is 6.61 Å². The Hall–Kier alpha value is -0.950. The van der Waals surface area contributed by atoms with Gasteiger partial charge in [0.25, 0.3) is 0 Å². The molecule has 1 aromatic rings. The molecule has 0 heterocycles. The molecule has 1 fully saturated rings. The van der Waals surface area contributed by atoms with E-state index in [2.05, 4.69) is 0 Å². The standard InChI is InChI=1S/C11H11ClO/c12-11-4-2-1-3-10(11)8-13-7-9-5-6-9/h1-4,7H,5-6,8H2. The molecule has 0 unspecified atom stereocenters. The summed E-state index contributed by atoms with van der Waals surface area (Å²) in [4.78, 5) is 0. The highest BCUT2D eigenvalue weighted by molar-refractivity contribution is 6.31. The van der Waals surface area contributed by atoms with Crippen molar-refractivity contribution >= 4 is 11.6 Å². The maximum atomic E-state index is 5.95. The molecule has 0 saturated heterocycles. The van der Waals surface area contributed by atoms with Gasteiger partial charge in [-0.25, -0.2) is 0 Å². The quantitative estimate of drug-likeness (QED) is 0.669. The third kappa shape index (κ3) is 2.49. The van der Waals surface area contributed by atoms with E-state index < -0.39 is 0 Å². The van der Waals surface area contributed by atoms with Gasteiger partial charge in [0.15, 0.2) is 0 Å². The van der Waals surface area contributed by atoms with Gasteiger partial charge >= 0.3 is 0 Å². The van der Waals surface area contributed by atoms with Crippen LogP contribution in [0.3, 0.4) is 0 Å². The monoisotopic (exact) mass is 194 g/mol. The van der Waals surface area contributed by atoms with Crippen molar-refractivity contribution in [3.8, 4) is 0 Å². The van der Waals surface area contributed by atoms with E-state index in [-0.39, 0.29) is 0 Å². The second-order valence-corrected chi connectivity index (χ2v) is 3.59. The Labute approximate surface area is 83.0 Å². The van der Waals surface area contributed by atoms with Crippen molar-refractivity contribution in [2.24, 2.45) is 0 Å². The van der Waals surface area contributed by atoms with Crippen LogP contribution < -0.4 is 0 Å². The van der Waals surface area contributed by atoms with Gasteiger partial charge < -0.3 is 4.74 Å². The Morgan fingerprint density at radius 3 is 2.77 bits per heavy atom. The van der Waals surface area contributed by atoms with Crippen LogP contribution >= 0.6 is 11.6 Å². The molecular weight excluding hydrogens is 184 g/mol. The lowest BCUT2D eigenvalue weighted by Crippen LogP contribution is -1.86. The number of benzene rings is 1. The molecule has 0 N–H and O–H groups in total. The van der Waals surface area contributed by atoms with Crippen molar-refractivity contribution in [2.45, 2.75) is 19.4 Å². The van der Waals surface area contributed by atoms with Crippen LogP contribution in [0.2, 0.25) is 5.02 Å². The van der Waals surface area contributed by atoms with E-state index in [4.69, 9.17) is 16.3 Å². The smallest absolute Gasteiger partial charge is 0.114 e. The predicted molar refractivity (Wildman–Crippen MR) is 53.6 cm³/mol. The van der Waals surface area contributed by atoms with Gasteiger partial charge in [0.05, 0.1) is 6.26 Å². The zero-order chi connectivity index (χ0) is 9.10. The topological polar surface area (TPSA) is 9.23 Å². The Morgan fingerprint density at radius 1 is 1.31 bits per heavy atom. The van der Waals surface area contributed by atoms with Crippen molar-refractivity contribution < 1.29 is 4.74 Å². The summed E-state index contributed by atoms with van der Waals surface area (Å²) in [5.74, 6) is 0. The third-order valence-corrected chi connectivity index (χ3v) is 2.35. The van der Waals surface area contributed by atoms with Gasteiger partial charge in [-0.2, -0.15) is 0 Å². The number of hydrogen-bond acceptors (Lipinski definition) is 1. The molecule has 13 heavy (non-hydrogen) atoms. The molecule has 1 saturated carbocycles. The van der Waals surface area contributed by atoms with Crippen LogP contribution in [-0.2, 0) is 11.3 Å². The predicted octanol–water partition coefficient (Wildman–Crippen LogP) is 3.53. The minimum atomic E-state index is 0.573. The lowest BCUT2D eigenvalue weighted by atomic mass is 10.2. The first-order valence-electron chi connectivity index (χ1n) is 4.39. The maximum Gasteiger partial charge on any atom is 0.114 e. The molecule has 0 bridgehead atoms. The molecule has 2 heteroatoms. The number of allylic oxidation sites excluding steroid dienone is 1. The summed E-state index contributed by atoms with van der Waals surface area (Å²) in [6.07, 6.45) is 4.24. The summed E-state index contributed by atoms with van der Waals surface area (Å²) in [6.45, 7) is 0.573. The highest BCUT2D eigenvalue weighted by atomic mass is 35.5. The summed E-state index contributed by atoms with van der Waals surface area (Å²) < 4.78 is 5.38. The Kier molecular flexibility index (Phi) is 2.55. The molecule has 0 radical (unpaired) electrons. The first kappa shape index (κ1) is 8.64. The van der Waals surface area contributed by atoms with Crippen molar-refractivity contribution in [2.75, 3.05) is 0 Å². The van der Waals surface area contributed by atoms with E-state index in [1.54, 1.807) is 0 Å². The molecule has 1 aliphatic carbocycles. The van der Waals surface area contributed by atoms with Gasteiger partial charge in [-0.05, 0) is 24.5 Å². The van der Waals surface area contributed by atoms with E-state index in [0.717, 1.165) is 10.6 Å². The molecule has 0 amide bonds. The summed E-state index contributed by atoms with van der Waals surface area (Å²) in [5.41, 5.74) is 2.44. The van der Waals surface area contributed by atoms with Crippen molar-refractivity contribution in [3.05, 3.63) is 46.7 Å². The summed E-state index contributed by atoms with van der Waals surface area (Å²) in [7, 11) is 0. The minimum Gasteiger partial charge on any atom is -0.497 e. The number of ether oxygens (including phenoxy) is 1. The Balaban J connectivity index is 1.93. The van der Waals surface area contributed by atoms with Crippen LogP contribution in [0.4, 0.5) is 0 Å². The summed E-state index contributed by atoms with van der Waals surface area (Å²) in [5, 5.41) is 0.775. The minimum absolute atomic E-state index is 0.573. The fourth-order valence-electron chi connectivity index (χ4n) is 1.05. The fourth-order valence-corrected chi connectivity index (χ4v) is 1.25. The largest absolute Gasteiger partial charge is 0.497 e. The maximum absolute atomic E-state index is 5.95. The van der Waals surface area contributed by atoms with Gasteiger partial charge in [-0.3, -0.25) is 0 Å². The molecule has 1 aromatic carbocycles. The van der Waals surface area contributed by atoms with Crippen LogP contribution in [-0.4, -0.2) is 0 Å². The van der Waals surface area contributed by atoms with Crippen molar-refractivity contribution in [1.82, 2.24) is 0 Å². The van der Waals surface area contributed by atoms with Crippen LogP contribution in [0.5, 0.6) is 0 Å². The molecule has 2 rings (SSSR count). The van der Waals surface area contributed by atoms with Crippen LogP contribution in [0.1, 0.15) is 18.4 Å². The zero-order valence-electron chi connectivity index (χ0n) is 7.29. The van der Waals surface area contributed by atoms with E-state index in [0.29, 0.717) is 6.61 Å². The number of hydrogen-bond donors (Lipinski definition) is 0. The van der Waals surface area contributed by atoms with Crippen molar-refractivity contribution in [3.63, 3.8) is 0 Å². The molecular formula is C11H11ClO. The second-order valence-electron chi connectivity index (χ2n) is 3.18. The van der Waals surface area contributed by atoms with E-state index in [1.165, 1.54) is 18.4 Å². The van der Waals surface area contributed by atoms with Crippen LogP contribution in [0.25, 0.3) is 0 Å². The molecule has 1 nitrogen and oxygen atoms in total. The SMILES string of the molecule is Clc1ccccc1COC=C1CC1. The Morgan fingerprint density at radius 2 is 2.08 bits per heavy atom. The molecule has 0 atom stereocenters. The van der Waals surface area contributed by atoms with Gasteiger partial charge in [0.2, 0.25) is 0 Å². The Bertz CT molecular complexity index is 325. The van der Waals surface area contributed by atoms with E-state index >= 15 is 0 Å². The summed E-state index contributed by atoms with van der Waals surface area (Å²) >= 11 is 5.95. The first-order valence-corrected chi connectivity index (χ1v) is 4.77. The fraction of sp³-hybridized carbons (Fsp3) is 0.273. The van der Waals surface area contributed by atoms with Gasteiger partial charge in [0, 0.05) is 10.6 Å². The highest BCUT2D eigenvalue weighted by Gasteiger charge is 2.10. The average Bonchev–Trinajstić information content (AvgIpc) is 2.92. The van der Waals surface area contributed by atoms with Gasteiger partial charge in [-0.1, -0.05) is 29.8 Å².